The largest absolute Gasteiger partial charge is 0.368 e. The molecule has 0 radical (unpaired) electrons. The summed E-state index contributed by atoms with van der Waals surface area (Å²) >= 11 is 0. The molecule has 5 heteroatoms. The number of rotatable bonds is 0. The van der Waals surface area contributed by atoms with Gasteiger partial charge >= 0.3 is 0 Å². The van der Waals surface area contributed by atoms with Crippen LogP contribution in [-0.4, -0.2) is 9.97 Å². The molecule has 0 aliphatic carbocycles. The molecule has 1 heterocycles. The van der Waals surface area contributed by atoms with Gasteiger partial charge in [-0.15, -0.1) is 0 Å². The van der Waals surface area contributed by atoms with E-state index in [1.165, 1.54) is 18.3 Å². The van der Waals surface area contributed by atoms with Crippen molar-refractivity contribution in [3.05, 3.63) is 29.7 Å². The SMILES string of the molecule is N#Cc1cc2cnc(N)nc2cc1F. The third-order valence-electron chi connectivity index (χ3n) is 1.81. The Balaban J connectivity index is 2.81. The molecule has 1 aromatic heterocycles. The van der Waals surface area contributed by atoms with E-state index in [0.717, 1.165) is 0 Å². The maximum absolute atomic E-state index is 13.1. The van der Waals surface area contributed by atoms with Crippen molar-refractivity contribution in [1.29, 1.82) is 5.26 Å². The van der Waals surface area contributed by atoms with E-state index in [2.05, 4.69) is 9.97 Å². The lowest BCUT2D eigenvalue weighted by atomic mass is 10.1. The quantitative estimate of drug-likeness (QED) is 0.674. The van der Waals surface area contributed by atoms with Gasteiger partial charge in [-0.25, -0.2) is 14.4 Å². The van der Waals surface area contributed by atoms with Crippen LogP contribution in [0.2, 0.25) is 0 Å². The number of nitrogens with two attached hydrogens (primary N) is 1. The number of anilines is 1. The van der Waals surface area contributed by atoms with Crippen molar-refractivity contribution in [2.24, 2.45) is 0 Å². The highest BCUT2D eigenvalue weighted by molar-refractivity contribution is 5.80. The van der Waals surface area contributed by atoms with Gasteiger partial charge in [-0.2, -0.15) is 5.26 Å². The van der Waals surface area contributed by atoms with Crippen LogP contribution in [0.5, 0.6) is 0 Å². The summed E-state index contributed by atoms with van der Waals surface area (Å²) in [6.45, 7) is 0. The molecule has 1 aromatic carbocycles. The second-order valence-corrected chi connectivity index (χ2v) is 2.73. The molecule has 4 nitrogen and oxygen atoms in total. The Morgan fingerprint density at radius 1 is 1.43 bits per heavy atom. The smallest absolute Gasteiger partial charge is 0.220 e. The molecule has 0 bridgehead atoms. The van der Waals surface area contributed by atoms with Crippen LogP contribution < -0.4 is 5.73 Å². The zero-order chi connectivity index (χ0) is 10.1. The lowest BCUT2D eigenvalue weighted by molar-refractivity contribution is 0.625. The van der Waals surface area contributed by atoms with Gasteiger partial charge in [0.15, 0.2) is 0 Å². The summed E-state index contributed by atoms with van der Waals surface area (Å²) in [6.07, 6.45) is 1.46. The molecule has 2 aromatic rings. The van der Waals surface area contributed by atoms with Gasteiger partial charge in [0.05, 0.1) is 11.1 Å². The molecule has 2 rings (SSSR count). The van der Waals surface area contributed by atoms with Crippen LogP contribution in [0, 0.1) is 17.1 Å². The Morgan fingerprint density at radius 2 is 2.21 bits per heavy atom. The number of benzene rings is 1. The highest BCUT2D eigenvalue weighted by Crippen LogP contribution is 2.16. The van der Waals surface area contributed by atoms with Crippen LogP contribution in [0.3, 0.4) is 0 Å². The van der Waals surface area contributed by atoms with Gasteiger partial charge in [0.1, 0.15) is 11.9 Å². The number of aromatic nitrogens is 2. The summed E-state index contributed by atoms with van der Waals surface area (Å²) in [7, 11) is 0. The van der Waals surface area contributed by atoms with Gasteiger partial charge in [-0.1, -0.05) is 0 Å². The summed E-state index contributed by atoms with van der Waals surface area (Å²) in [5.74, 6) is -0.514. The van der Waals surface area contributed by atoms with E-state index in [1.807, 2.05) is 0 Å². The number of nitrogens with zero attached hydrogens (tertiary/aromatic N) is 3. The maximum Gasteiger partial charge on any atom is 0.220 e. The van der Waals surface area contributed by atoms with E-state index in [-0.39, 0.29) is 11.5 Å². The number of nitrogen functional groups attached to an aromatic ring is 1. The van der Waals surface area contributed by atoms with Crippen molar-refractivity contribution in [2.45, 2.75) is 0 Å². The molecule has 0 aliphatic heterocycles. The van der Waals surface area contributed by atoms with E-state index in [0.29, 0.717) is 10.9 Å². The van der Waals surface area contributed by atoms with E-state index in [1.54, 1.807) is 6.07 Å². The molecular weight excluding hydrogens is 183 g/mol. The van der Waals surface area contributed by atoms with E-state index < -0.39 is 5.82 Å². The lowest BCUT2D eigenvalue weighted by Crippen LogP contribution is -1.95. The highest BCUT2D eigenvalue weighted by atomic mass is 19.1. The molecule has 0 aliphatic rings. The fourth-order valence-corrected chi connectivity index (χ4v) is 1.15. The number of fused-ring (bicyclic) bond motifs is 1. The molecule has 0 spiro atoms. The first-order valence-electron chi connectivity index (χ1n) is 3.82. The zero-order valence-corrected chi connectivity index (χ0v) is 7.03. The Labute approximate surface area is 78.8 Å². The monoisotopic (exact) mass is 188 g/mol. The summed E-state index contributed by atoms with van der Waals surface area (Å²) in [5.41, 5.74) is 5.71. The average Bonchev–Trinajstić information content (AvgIpc) is 2.16. The Morgan fingerprint density at radius 3 is 2.93 bits per heavy atom. The van der Waals surface area contributed by atoms with Crippen molar-refractivity contribution >= 4 is 16.9 Å². The third kappa shape index (κ3) is 1.23. The van der Waals surface area contributed by atoms with Crippen LogP contribution in [0.1, 0.15) is 5.56 Å². The average molecular weight is 188 g/mol. The topological polar surface area (TPSA) is 75.6 Å². The van der Waals surface area contributed by atoms with Crippen LogP contribution in [0.4, 0.5) is 10.3 Å². The lowest BCUT2D eigenvalue weighted by Gasteiger charge is -1.99. The standard InChI is InChI=1S/C9H5FN4/c10-7-2-8-6(1-5(7)3-11)4-13-9(12)14-8/h1-2,4H,(H2,12,13,14). The normalized spacial score (nSPS) is 10.0. The number of hydrogen-bond acceptors (Lipinski definition) is 4. The molecule has 0 fully saturated rings. The van der Waals surface area contributed by atoms with E-state index in [4.69, 9.17) is 11.0 Å². The molecule has 0 atom stereocenters. The Kier molecular flexibility index (Phi) is 1.75. The fraction of sp³-hybridized carbons (Fsp3) is 0. The first-order chi connectivity index (χ1) is 6.70. The minimum atomic E-state index is -0.599. The number of hydrogen-bond donors (Lipinski definition) is 1. The van der Waals surface area contributed by atoms with E-state index in [9.17, 15) is 4.39 Å². The van der Waals surface area contributed by atoms with Crippen LogP contribution in [0.25, 0.3) is 10.9 Å². The molecular formula is C9H5FN4. The number of nitriles is 1. The molecule has 14 heavy (non-hydrogen) atoms. The van der Waals surface area contributed by atoms with Crippen molar-refractivity contribution in [2.75, 3.05) is 5.73 Å². The van der Waals surface area contributed by atoms with Crippen molar-refractivity contribution in [1.82, 2.24) is 9.97 Å². The molecule has 0 amide bonds. The van der Waals surface area contributed by atoms with Gasteiger partial charge in [0.2, 0.25) is 5.95 Å². The van der Waals surface area contributed by atoms with Gasteiger partial charge in [-0.05, 0) is 6.07 Å². The minimum Gasteiger partial charge on any atom is -0.368 e. The van der Waals surface area contributed by atoms with Crippen molar-refractivity contribution in [3.63, 3.8) is 0 Å². The van der Waals surface area contributed by atoms with Gasteiger partial charge < -0.3 is 5.73 Å². The van der Waals surface area contributed by atoms with E-state index >= 15 is 0 Å². The van der Waals surface area contributed by atoms with Crippen LogP contribution in [0.15, 0.2) is 18.3 Å². The summed E-state index contributed by atoms with van der Waals surface area (Å²) in [5, 5.41) is 9.17. The van der Waals surface area contributed by atoms with Gasteiger partial charge in [-0.3, -0.25) is 0 Å². The molecule has 68 valence electrons. The van der Waals surface area contributed by atoms with Crippen molar-refractivity contribution in [3.8, 4) is 6.07 Å². The number of halogens is 1. The Bertz CT molecular complexity index is 544. The maximum atomic E-state index is 13.1. The summed E-state index contributed by atoms with van der Waals surface area (Å²) in [6, 6.07) is 4.31. The molecule has 2 N–H and O–H groups in total. The van der Waals surface area contributed by atoms with Crippen LogP contribution >= 0.6 is 0 Å². The zero-order valence-electron chi connectivity index (χ0n) is 7.03. The Hall–Kier alpha value is -2.22. The first kappa shape index (κ1) is 8.38. The van der Waals surface area contributed by atoms with Gasteiger partial charge in [0.25, 0.3) is 0 Å². The minimum absolute atomic E-state index is 0.0223. The first-order valence-corrected chi connectivity index (χ1v) is 3.82. The molecule has 0 saturated carbocycles. The molecule has 0 unspecified atom stereocenters. The third-order valence-corrected chi connectivity index (χ3v) is 1.81. The second-order valence-electron chi connectivity index (χ2n) is 2.73. The predicted octanol–water partition coefficient (Wildman–Crippen LogP) is 1.22. The fourth-order valence-electron chi connectivity index (χ4n) is 1.15. The van der Waals surface area contributed by atoms with Gasteiger partial charge in [0, 0.05) is 17.6 Å². The highest BCUT2D eigenvalue weighted by Gasteiger charge is 2.05. The second kappa shape index (κ2) is 2.92. The summed E-state index contributed by atoms with van der Waals surface area (Å²) < 4.78 is 13.1. The molecule has 0 saturated heterocycles. The summed E-state index contributed by atoms with van der Waals surface area (Å²) in [4.78, 5) is 7.58. The van der Waals surface area contributed by atoms with Crippen molar-refractivity contribution < 1.29 is 4.39 Å². The van der Waals surface area contributed by atoms with Crippen LogP contribution in [-0.2, 0) is 0 Å². The predicted molar refractivity (Wildman–Crippen MR) is 48.6 cm³/mol.